The highest BCUT2D eigenvalue weighted by Gasteiger charge is 2.37. The maximum atomic E-state index is 12.4. The van der Waals surface area contributed by atoms with Crippen LogP contribution in [0.15, 0.2) is 12.3 Å². The maximum absolute atomic E-state index is 12.4. The number of amides is 2. The van der Waals surface area contributed by atoms with E-state index in [2.05, 4.69) is 0 Å². The van der Waals surface area contributed by atoms with Crippen LogP contribution in [0.4, 0.5) is 0 Å². The summed E-state index contributed by atoms with van der Waals surface area (Å²) in [6, 6.07) is 1.59. The third-order valence-corrected chi connectivity index (χ3v) is 3.74. The van der Waals surface area contributed by atoms with Crippen LogP contribution < -0.4 is 5.73 Å². The Labute approximate surface area is 122 Å². The van der Waals surface area contributed by atoms with E-state index in [0.29, 0.717) is 30.1 Å². The van der Waals surface area contributed by atoms with Crippen molar-refractivity contribution in [2.45, 2.75) is 24.9 Å². The van der Waals surface area contributed by atoms with Crippen LogP contribution in [0.25, 0.3) is 0 Å². The number of hydrogen-bond donors (Lipinski definition) is 2. The van der Waals surface area contributed by atoms with Gasteiger partial charge in [-0.25, -0.2) is 0 Å². The first kappa shape index (κ1) is 14.9. The summed E-state index contributed by atoms with van der Waals surface area (Å²) in [5.74, 6) is -0.772. The number of nitrogens with zero attached hydrogens (tertiary/aromatic N) is 2. The average molecular weight is 300 g/mol. The zero-order valence-electron chi connectivity index (χ0n) is 11.3. The molecular formula is C13H18ClN3O3. The van der Waals surface area contributed by atoms with Gasteiger partial charge < -0.3 is 20.3 Å². The molecule has 2 heterocycles. The van der Waals surface area contributed by atoms with Crippen molar-refractivity contribution in [3.63, 3.8) is 0 Å². The molecule has 0 spiro atoms. The second-order valence-corrected chi connectivity index (χ2v) is 5.79. The number of aryl methyl sites for hydroxylation is 1. The Bertz CT molecular complexity index is 543. The molecule has 1 aliphatic heterocycles. The second-order valence-electron chi connectivity index (χ2n) is 5.35. The van der Waals surface area contributed by atoms with Gasteiger partial charge in [-0.3, -0.25) is 9.59 Å². The summed E-state index contributed by atoms with van der Waals surface area (Å²) in [7, 11) is 1.73. The molecule has 1 saturated heterocycles. The molecule has 3 N–H and O–H groups in total. The van der Waals surface area contributed by atoms with Crippen molar-refractivity contribution >= 4 is 23.4 Å². The van der Waals surface area contributed by atoms with E-state index >= 15 is 0 Å². The monoisotopic (exact) mass is 299 g/mol. The number of carbonyl (C=O) groups is 2. The number of aliphatic hydroxyl groups is 1. The highest BCUT2D eigenvalue weighted by Crippen LogP contribution is 2.26. The van der Waals surface area contributed by atoms with Crippen LogP contribution >= 0.6 is 11.6 Å². The second kappa shape index (κ2) is 5.46. The molecule has 20 heavy (non-hydrogen) atoms. The minimum atomic E-state index is -1.23. The number of rotatable bonds is 3. The number of halogens is 1. The lowest BCUT2D eigenvalue weighted by Gasteiger charge is -2.38. The number of aromatic nitrogens is 1. The van der Waals surface area contributed by atoms with Gasteiger partial charge in [-0.1, -0.05) is 11.6 Å². The summed E-state index contributed by atoms with van der Waals surface area (Å²) in [6.07, 6.45) is 2.61. The molecule has 1 fully saturated rings. The Morgan fingerprint density at radius 2 is 2.25 bits per heavy atom. The Morgan fingerprint density at radius 3 is 2.80 bits per heavy atom. The summed E-state index contributed by atoms with van der Waals surface area (Å²) >= 11 is 5.87. The van der Waals surface area contributed by atoms with Gasteiger partial charge in [0.05, 0.1) is 23.6 Å². The van der Waals surface area contributed by atoms with Gasteiger partial charge in [0.2, 0.25) is 5.91 Å². The van der Waals surface area contributed by atoms with Gasteiger partial charge in [0.25, 0.3) is 5.91 Å². The van der Waals surface area contributed by atoms with Crippen LogP contribution in [0.3, 0.4) is 0 Å². The van der Waals surface area contributed by atoms with Gasteiger partial charge in [-0.15, -0.1) is 0 Å². The third-order valence-electron chi connectivity index (χ3n) is 3.54. The molecule has 0 aromatic carbocycles. The quantitative estimate of drug-likeness (QED) is 0.853. The van der Waals surface area contributed by atoms with E-state index in [9.17, 15) is 14.7 Å². The normalized spacial score (nSPS) is 22.9. The molecule has 0 saturated carbocycles. The van der Waals surface area contributed by atoms with Crippen molar-refractivity contribution in [1.82, 2.24) is 9.47 Å². The van der Waals surface area contributed by atoms with Crippen molar-refractivity contribution in [2.75, 3.05) is 13.1 Å². The molecular weight excluding hydrogens is 282 g/mol. The van der Waals surface area contributed by atoms with Crippen LogP contribution in [-0.4, -0.2) is 45.1 Å². The molecule has 0 bridgehead atoms. The van der Waals surface area contributed by atoms with E-state index in [1.54, 1.807) is 23.9 Å². The molecule has 2 rings (SSSR count). The van der Waals surface area contributed by atoms with Crippen molar-refractivity contribution < 1.29 is 14.7 Å². The van der Waals surface area contributed by atoms with Gasteiger partial charge in [0.15, 0.2) is 0 Å². The van der Waals surface area contributed by atoms with Crippen molar-refractivity contribution in [2.24, 2.45) is 12.8 Å². The lowest BCUT2D eigenvalue weighted by atomic mass is 9.89. The Kier molecular flexibility index (Phi) is 4.06. The number of carbonyl (C=O) groups excluding carboxylic acids is 2. The molecule has 1 aromatic heterocycles. The number of hydrogen-bond acceptors (Lipinski definition) is 3. The predicted molar refractivity (Wildman–Crippen MR) is 74.3 cm³/mol. The van der Waals surface area contributed by atoms with Crippen LogP contribution in [0.1, 0.15) is 29.8 Å². The first-order chi connectivity index (χ1) is 9.31. The molecule has 1 aromatic rings. The standard InChI is InChI=1S/C13H18ClN3O3/c1-16-7-9(14)5-10(16)12(19)17-4-2-3-13(20,8-17)6-11(15)18/h5,7,20H,2-4,6,8H2,1H3,(H2,15,18). The number of likely N-dealkylation sites (tertiary alicyclic amines) is 1. The fourth-order valence-corrected chi connectivity index (χ4v) is 2.90. The van der Waals surface area contributed by atoms with E-state index in [1.165, 1.54) is 4.90 Å². The van der Waals surface area contributed by atoms with Crippen LogP contribution in [0.5, 0.6) is 0 Å². The van der Waals surface area contributed by atoms with Gasteiger partial charge >= 0.3 is 0 Å². The van der Waals surface area contributed by atoms with Crippen LogP contribution in [-0.2, 0) is 11.8 Å². The molecule has 1 unspecified atom stereocenters. The summed E-state index contributed by atoms with van der Waals surface area (Å²) in [6.45, 7) is 0.653. The maximum Gasteiger partial charge on any atom is 0.270 e. The van der Waals surface area contributed by atoms with E-state index in [0.717, 1.165) is 0 Å². The highest BCUT2D eigenvalue weighted by molar-refractivity contribution is 6.31. The lowest BCUT2D eigenvalue weighted by molar-refractivity contribution is -0.125. The molecule has 110 valence electrons. The molecule has 0 radical (unpaired) electrons. The fourth-order valence-electron chi connectivity index (χ4n) is 2.65. The van der Waals surface area contributed by atoms with Gasteiger partial charge in [0.1, 0.15) is 5.69 Å². The number of piperidine rings is 1. The summed E-state index contributed by atoms with van der Waals surface area (Å²) in [4.78, 5) is 25.0. The summed E-state index contributed by atoms with van der Waals surface area (Å²) in [5, 5.41) is 10.8. The minimum absolute atomic E-state index is 0.109. The van der Waals surface area contributed by atoms with Crippen molar-refractivity contribution in [3.05, 3.63) is 23.0 Å². The third kappa shape index (κ3) is 3.13. The number of β-amino-alcohol motifs (C(OH)–C–C–N with tert-alkyl or cyclic N) is 1. The lowest BCUT2D eigenvalue weighted by Crippen LogP contribution is -2.52. The fraction of sp³-hybridized carbons (Fsp3) is 0.538. The molecule has 1 aliphatic rings. The van der Waals surface area contributed by atoms with Crippen LogP contribution in [0, 0.1) is 0 Å². The van der Waals surface area contributed by atoms with E-state index < -0.39 is 11.5 Å². The predicted octanol–water partition coefficient (Wildman–Crippen LogP) is 0.521. The summed E-state index contributed by atoms with van der Waals surface area (Å²) in [5.41, 5.74) is 4.37. The largest absolute Gasteiger partial charge is 0.388 e. The summed E-state index contributed by atoms with van der Waals surface area (Å²) < 4.78 is 1.65. The number of primary amides is 1. The topological polar surface area (TPSA) is 88.6 Å². The Balaban J connectivity index is 2.14. The SMILES string of the molecule is Cn1cc(Cl)cc1C(=O)N1CCCC(O)(CC(N)=O)C1. The average Bonchev–Trinajstić information content (AvgIpc) is 2.66. The highest BCUT2D eigenvalue weighted by atomic mass is 35.5. The molecule has 1 atom stereocenters. The van der Waals surface area contributed by atoms with E-state index in [4.69, 9.17) is 17.3 Å². The smallest absolute Gasteiger partial charge is 0.270 e. The zero-order valence-corrected chi connectivity index (χ0v) is 12.1. The zero-order chi connectivity index (χ0) is 14.9. The van der Waals surface area contributed by atoms with Gasteiger partial charge in [0, 0.05) is 19.8 Å². The van der Waals surface area contributed by atoms with Crippen molar-refractivity contribution in [3.8, 4) is 0 Å². The Morgan fingerprint density at radius 1 is 1.55 bits per heavy atom. The van der Waals surface area contributed by atoms with Crippen LogP contribution in [0.2, 0.25) is 5.02 Å². The first-order valence-electron chi connectivity index (χ1n) is 6.42. The Hall–Kier alpha value is -1.53. The molecule has 6 nitrogen and oxygen atoms in total. The number of nitrogens with two attached hydrogens (primary N) is 1. The molecule has 2 amide bonds. The van der Waals surface area contributed by atoms with Gasteiger partial charge in [-0.05, 0) is 18.9 Å². The van der Waals surface area contributed by atoms with Crippen molar-refractivity contribution in [1.29, 1.82) is 0 Å². The van der Waals surface area contributed by atoms with Gasteiger partial charge in [-0.2, -0.15) is 0 Å². The molecule has 7 heteroatoms. The molecule has 0 aliphatic carbocycles. The first-order valence-corrected chi connectivity index (χ1v) is 6.80. The van der Waals surface area contributed by atoms with E-state index in [1.807, 2.05) is 0 Å². The van der Waals surface area contributed by atoms with E-state index in [-0.39, 0.29) is 18.9 Å². The minimum Gasteiger partial charge on any atom is -0.388 e.